The monoisotopic (exact) mass is 275 g/mol. The van der Waals surface area contributed by atoms with Crippen LogP contribution in [0.2, 0.25) is 0 Å². The maximum absolute atomic E-state index is 12.0. The standard InChI is InChI=1S/C18H29NO/c1-5-6-7-8-9-14-19-17(20)15-10-12-16(13-11-15)18(2,3)4/h10-13H,5-9,14H2,1-4H3,(H,19,20). The predicted molar refractivity (Wildman–Crippen MR) is 86.2 cm³/mol. The van der Waals surface area contributed by atoms with Gasteiger partial charge in [0.15, 0.2) is 0 Å². The number of hydrogen-bond donors (Lipinski definition) is 1. The summed E-state index contributed by atoms with van der Waals surface area (Å²) in [6.45, 7) is 9.53. The molecule has 0 atom stereocenters. The average molecular weight is 275 g/mol. The van der Waals surface area contributed by atoms with E-state index in [1.807, 2.05) is 12.1 Å². The van der Waals surface area contributed by atoms with Crippen LogP contribution >= 0.6 is 0 Å². The minimum Gasteiger partial charge on any atom is -0.352 e. The number of benzene rings is 1. The molecule has 0 bridgehead atoms. The number of hydrogen-bond acceptors (Lipinski definition) is 1. The lowest BCUT2D eigenvalue weighted by molar-refractivity contribution is 0.0953. The first-order valence-corrected chi connectivity index (χ1v) is 7.84. The van der Waals surface area contributed by atoms with Crippen molar-refractivity contribution in [3.05, 3.63) is 35.4 Å². The van der Waals surface area contributed by atoms with Crippen molar-refractivity contribution in [3.8, 4) is 0 Å². The van der Waals surface area contributed by atoms with E-state index >= 15 is 0 Å². The van der Waals surface area contributed by atoms with Gasteiger partial charge in [0.25, 0.3) is 5.91 Å². The van der Waals surface area contributed by atoms with Crippen LogP contribution in [0.5, 0.6) is 0 Å². The number of rotatable bonds is 7. The van der Waals surface area contributed by atoms with Crippen molar-refractivity contribution >= 4 is 5.91 Å². The SMILES string of the molecule is CCCCCCCNC(=O)c1ccc(C(C)(C)C)cc1. The Bertz CT molecular complexity index is 400. The summed E-state index contributed by atoms with van der Waals surface area (Å²) in [6, 6.07) is 7.95. The molecule has 112 valence electrons. The van der Waals surface area contributed by atoms with Gasteiger partial charge in [0.05, 0.1) is 0 Å². The van der Waals surface area contributed by atoms with Crippen molar-refractivity contribution in [1.82, 2.24) is 5.32 Å². The summed E-state index contributed by atoms with van der Waals surface area (Å²) in [6.07, 6.45) is 6.10. The minimum atomic E-state index is 0.0425. The quantitative estimate of drug-likeness (QED) is 0.719. The molecule has 2 heteroatoms. The Morgan fingerprint density at radius 1 is 1.00 bits per heavy atom. The van der Waals surface area contributed by atoms with Gasteiger partial charge in [0.2, 0.25) is 0 Å². The van der Waals surface area contributed by atoms with Gasteiger partial charge in [-0.25, -0.2) is 0 Å². The highest BCUT2D eigenvalue weighted by Gasteiger charge is 2.14. The molecule has 0 unspecified atom stereocenters. The highest BCUT2D eigenvalue weighted by atomic mass is 16.1. The van der Waals surface area contributed by atoms with Gasteiger partial charge in [-0.1, -0.05) is 65.5 Å². The van der Waals surface area contributed by atoms with E-state index in [1.165, 1.54) is 31.2 Å². The van der Waals surface area contributed by atoms with Crippen molar-refractivity contribution in [2.24, 2.45) is 0 Å². The van der Waals surface area contributed by atoms with Crippen LogP contribution in [0.4, 0.5) is 0 Å². The molecule has 1 aromatic rings. The van der Waals surface area contributed by atoms with Crippen LogP contribution in [0, 0.1) is 0 Å². The Morgan fingerprint density at radius 3 is 2.15 bits per heavy atom. The summed E-state index contributed by atoms with van der Waals surface area (Å²) in [5, 5.41) is 3.00. The fraction of sp³-hybridized carbons (Fsp3) is 0.611. The largest absolute Gasteiger partial charge is 0.352 e. The third kappa shape index (κ3) is 5.77. The first-order valence-electron chi connectivity index (χ1n) is 7.84. The zero-order valence-electron chi connectivity index (χ0n) is 13.5. The van der Waals surface area contributed by atoms with Crippen molar-refractivity contribution < 1.29 is 4.79 Å². The van der Waals surface area contributed by atoms with Crippen LogP contribution in [0.25, 0.3) is 0 Å². The predicted octanol–water partition coefficient (Wildman–Crippen LogP) is 4.68. The lowest BCUT2D eigenvalue weighted by Gasteiger charge is -2.19. The number of carbonyl (C=O) groups is 1. The molecule has 0 saturated carbocycles. The lowest BCUT2D eigenvalue weighted by Crippen LogP contribution is -2.24. The van der Waals surface area contributed by atoms with Gasteiger partial charge in [0.1, 0.15) is 0 Å². The third-order valence-electron chi connectivity index (χ3n) is 3.58. The van der Waals surface area contributed by atoms with E-state index in [9.17, 15) is 4.79 Å². The molecule has 0 saturated heterocycles. The zero-order chi connectivity index (χ0) is 15.0. The van der Waals surface area contributed by atoms with Crippen LogP contribution < -0.4 is 5.32 Å². The molecule has 0 aliphatic carbocycles. The second-order valence-corrected chi connectivity index (χ2v) is 6.50. The summed E-state index contributed by atoms with van der Waals surface area (Å²) in [4.78, 5) is 12.0. The van der Waals surface area contributed by atoms with Gasteiger partial charge < -0.3 is 5.32 Å². The Hall–Kier alpha value is -1.31. The Labute approximate surface area is 124 Å². The molecular formula is C18H29NO. The van der Waals surface area contributed by atoms with E-state index < -0.39 is 0 Å². The second kappa shape index (κ2) is 8.08. The summed E-state index contributed by atoms with van der Waals surface area (Å²) >= 11 is 0. The molecular weight excluding hydrogens is 246 g/mol. The summed E-state index contributed by atoms with van der Waals surface area (Å²) in [7, 11) is 0. The number of unbranched alkanes of at least 4 members (excludes halogenated alkanes) is 4. The number of amides is 1. The molecule has 0 aliphatic rings. The highest BCUT2D eigenvalue weighted by molar-refractivity contribution is 5.94. The molecule has 0 aliphatic heterocycles. The third-order valence-corrected chi connectivity index (χ3v) is 3.58. The van der Waals surface area contributed by atoms with Crippen molar-refractivity contribution in [2.75, 3.05) is 6.54 Å². The van der Waals surface area contributed by atoms with E-state index in [1.54, 1.807) is 0 Å². The molecule has 2 nitrogen and oxygen atoms in total. The highest BCUT2D eigenvalue weighted by Crippen LogP contribution is 2.22. The van der Waals surface area contributed by atoms with Crippen LogP contribution in [-0.2, 0) is 5.41 Å². The van der Waals surface area contributed by atoms with E-state index in [0.29, 0.717) is 0 Å². The molecule has 1 rings (SSSR count). The molecule has 0 aromatic heterocycles. The van der Waals surface area contributed by atoms with Gasteiger partial charge in [-0.2, -0.15) is 0 Å². The van der Waals surface area contributed by atoms with Crippen LogP contribution in [0.1, 0.15) is 75.7 Å². The molecule has 1 N–H and O–H groups in total. The van der Waals surface area contributed by atoms with Gasteiger partial charge in [-0.05, 0) is 29.5 Å². The van der Waals surface area contributed by atoms with E-state index in [-0.39, 0.29) is 11.3 Å². The van der Waals surface area contributed by atoms with Gasteiger partial charge in [0, 0.05) is 12.1 Å². The zero-order valence-corrected chi connectivity index (χ0v) is 13.5. The maximum Gasteiger partial charge on any atom is 0.251 e. The molecule has 20 heavy (non-hydrogen) atoms. The molecule has 0 heterocycles. The minimum absolute atomic E-state index is 0.0425. The van der Waals surface area contributed by atoms with Crippen LogP contribution in [0.15, 0.2) is 24.3 Å². The topological polar surface area (TPSA) is 29.1 Å². The van der Waals surface area contributed by atoms with Crippen LogP contribution in [-0.4, -0.2) is 12.5 Å². The van der Waals surface area contributed by atoms with Gasteiger partial charge in [-0.15, -0.1) is 0 Å². The first kappa shape index (κ1) is 16.7. The molecule has 0 spiro atoms. The molecule has 0 radical (unpaired) electrons. The van der Waals surface area contributed by atoms with Crippen molar-refractivity contribution in [3.63, 3.8) is 0 Å². The molecule has 1 aromatic carbocycles. The Balaban J connectivity index is 2.37. The Morgan fingerprint density at radius 2 is 1.60 bits per heavy atom. The smallest absolute Gasteiger partial charge is 0.251 e. The number of carbonyl (C=O) groups excluding carboxylic acids is 1. The van der Waals surface area contributed by atoms with Crippen molar-refractivity contribution in [1.29, 1.82) is 0 Å². The second-order valence-electron chi connectivity index (χ2n) is 6.50. The van der Waals surface area contributed by atoms with Crippen molar-refractivity contribution in [2.45, 2.75) is 65.2 Å². The first-order chi connectivity index (χ1) is 9.45. The Kier molecular flexibility index (Phi) is 6.77. The molecule has 1 amide bonds. The normalized spacial score (nSPS) is 11.4. The molecule has 0 fully saturated rings. The van der Waals surface area contributed by atoms with Crippen LogP contribution in [0.3, 0.4) is 0 Å². The lowest BCUT2D eigenvalue weighted by atomic mass is 9.87. The van der Waals surface area contributed by atoms with Gasteiger partial charge in [-0.3, -0.25) is 4.79 Å². The summed E-state index contributed by atoms with van der Waals surface area (Å²) in [5.74, 6) is 0.0425. The van der Waals surface area contributed by atoms with E-state index in [4.69, 9.17) is 0 Å². The summed E-state index contributed by atoms with van der Waals surface area (Å²) < 4.78 is 0. The number of nitrogens with one attached hydrogen (secondary N) is 1. The van der Waals surface area contributed by atoms with E-state index in [0.717, 1.165) is 18.5 Å². The van der Waals surface area contributed by atoms with Gasteiger partial charge >= 0.3 is 0 Å². The maximum atomic E-state index is 12.0. The average Bonchev–Trinajstić information content (AvgIpc) is 2.41. The summed E-state index contributed by atoms with van der Waals surface area (Å²) in [5.41, 5.74) is 2.15. The fourth-order valence-electron chi connectivity index (χ4n) is 2.15. The fourth-order valence-corrected chi connectivity index (χ4v) is 2.15. The van der Waals surface area contributed by atoms with E-state index in [2.05, 4.69) is 45.1 Å².